The molecule has 0 aromatic heterocycles. The third-order valence-corrected chi connectivity index (χ3v) is 5.11. The lowest BCUT2D eigenvalue weighted by Gasteiger charge is -2.24. The minimum Gasteiger partial charge on any atom is -0.451 e. The van der Waals surface area contributed by atoms with Crippen LogP contribution in [0.1, 0.15) is 96.8 Å². The molecule has 7 nitrogen and oxygen atoms in total. The van der Waals surface area contributed by atoms with Crippen molar-refractivity contribution >= 4 is 11.8 Å². The summed E-state index contributed by atoms with van der Waals surface area (Å²) in [6, 6.07) is 0. The number of unbranched alkanes of at least 4 members (excludes halogenated alkanes) is 12. The first-order chi connectivity index (χ1) is 14.0. The number of carbonyl (C=O) groups excluding carboxylic acids is 2. The third-order valence-electron chi connectivity index (χ3n) is 5.11. The van der Waals surface area contributed by atoms with Gasteiger partial charge in [-0.2, -0.15) is 0 Å². The average molecular weight is 419 g/mol. The maximum atomic E-state index is 11.9. The minimum atomic E-state index is -1.77. The summed E-state index contributed by atoms with van der Waals surface area (Å²) in [6.07, 6.45) is 10.5. The van der Waals surface area contributed by atoms with E-state index in [0.717, 1.165) is 19.3 Å². The molecule has 0 saturated heterocycles. The zero-order valence-electron chi connectivity index (χ0n) is 18.1. The fourth-order valence-electron chi connectivity index (χ4n) is 3.21. The number of ether oxygens (including phenoxy) is 1. The van der Waals surface area contributed by atoms with Gasteiger partial charge < -0.3 is 25.2 Å². The second-order valence-electron chi connectivity index (χ2n) is 7.77. The standard InChI is InChI=1S/C22H42O7/c1-2-3-4-5-6-7-8-9-10-11-12-13-14-15-20(27)29-22(19(26)17-24)21(28)18(25)16-23/h18,21-25,28H,2-17H2,1H3/t18-,21+,22+/m0/s1. The van der Waals surface area contributed by atoms with Crippen molar-refractivity contribution in [3.63, 3.8) is 0 Å². The van der Waals surface area contributed by atoms with Crippen LogP contribution in [0.4, 0.5) is 0 Å². The topological polar surface area (TPSA) is 124 Å². The summed E-state index contributed by atoms with van der Waals surface area (Å²) < 4.78 is 4.93. The Balaban J connectivity index is 3.77. The molecule has 0 aromatic carbocycles. The molecular weight excluding hydrogens is 376 g/mol. The number of esters is 1. The monoisotopic (exact) mass is 418 g/mol. The molecule has 0 aliphatic rings. The van der Waals surface area contributed by atoms with Crippen LogP contribution in [0.15, 0.2) is 0 Å². The first-order valence-electron chi connectivity index (χ1n) is 11.3. The Kier molecular flexibility index (Phi) is 18.3. The zero-order valence-corrected chi connectivity index (χ0v) is 18.1. The molecule has 0 fully saturated rings. The van der Waals surface area contributed by atoms with E-state index in [1.54, 1.807) is 0 Å². The lowest BCUT2D eigenvalue weighted by atomic mass is 10.0. The van der Waals surface area contributed by atoms with Gasteiger partial charge in [0.25, 0.3) is 0 Å². The van der Waals surface area contributed by atoms with Gasteiger partial charge in [-0.1, -0.05) is 84.0 Å². The van der Waals surface area contributed by atoms with Crippen molar-refractivity contribution < 1.29 is 34.8 Å². The van der Waals surface area contributed by atoms with Gasteiger partial charge in [0.2, 0.25) is 5.78 Å². The Morgan fingerprint density at radius 3 is 1.62 bits per heavy atom. The molecule has 0 aliphatic carbocycles. The number of hydrogen-bond donors (Lipinski definition) is 4. The average Bonchev–Trinajstić information content (AvgIpc) is 2.73. The second-order valence-corrected chi connectivity index (χ2v) is 7.77. The summed E-state index contributed by atoms with van der Waals surface area (Å²) in [7, 11) is 0. The number of hydrogen-bond acceptors (Lipinski definition) is 7. The smallest absolute Gasteiger partial charge is 0.306 e. The number of ketones is 1. The van der Waals surface area contributed by atoms with Gasteiger partial charge in [0.1, 0.15) is 18.8 Å². The van der Waals surface area contributed by atoms with Gasteiger partial charge in [0, 0.05) is 6.42 Å². The van der Waals surface area contributed by atoms with E-state index in [4.69, 9.17) is 14.9 Å². The molecule has 0 saturated carbocycles. The summed E-state index contributed by atoms with van der Waals surface area (Å²) in [5.41, 5.74) is 0. The molecule has 7 heteroatoms. The van der Waals surface area contributed by atoms with Crippen molar-refractivity contribution in [3.8, 4) is 0 Å². The zero-order chi connectivity index (χ0) is 21.9. The van der Waals surface area contributed by atoms with Crippen molar-refractivity contribution in [2.45, 2.75) is 115 Å². The van der Waals surface area contributed by atoms with Crippen LogP contribution in [-0.2, 0) is 14.3 Å². The first-order valence-corrected chi connectivity index (χ1v) is 11.3. The molecule has 0 unspecified atom stereocenters. The fourth-order valence-corrected chi connectivity index (χ4v) is 3.21. The van der Waals surface area contributed by atoms with Crippen LogP contribution in [-0.4, -0.2) is 63.7 Å². The molecule has 0 aromatic rings. The molecule has 0 heterocycles. The van der Waals surface area contributed by atoms with Crippen molar-refractivity contribution in [3.05, 3.63) is 0 Å². The van der Waals surface area contributed by atoms with Crippen molar-refractivity contribution in [2.24, 2.45) is 0 Å². The highest BCUT2D eigenvalue weighted by Gasteiger charge is 2.34. The van der Waals surface area contributed by atoms with Crippen LogP contribution < -0.4 is 0 Å². The van der Waals surface area contributed by atoms with Gasteiger partial charge in [-0.25, -0.2) is 0 Å². The summed E-state index contributed by atoms with van der Waals surface area (Å²) in [6.45, 7) is 0.519. The van der Waals surface area contributed by atoms with Crippen LogP contribution in [0.5, 0.6) is 0 Å². The van der Waals surface area contributed by atoms with E-state index < -0.39 is 43.3 Å². The minimum absolute atomic E-state index is 0.106. The third kappa shape index (κ3) is 14.6. The van der Waals surface area contributed by atoms with E-state index in [2.05, 4.69) is 6.92 Å². The van der Waals surface area contributed by atoms with E-state index in [9.17, 15) is 19.8 Å². The van der Waals surface area contributed by atoms with E-state index in [-0.39, 0.29) is 6.42 Å². The molecule has 0 bridgehead atoms. The van der Waals surface area contributed by atoms with Crippen LogP contribution in [0.2, 0.25) is 0 Å². The first kappa shape index (κ1) is 28.0. The van der Waals surface area contributed by atoms with Gasteiger partial charge in [-0.3, -0.25) is 9.59 Å². The maximum absolute atomic E-state index is 11.9. The number of aliphatic hydroxyl groups is 4. The van der Waals surface area contributed by atoms with E-state index in [0.29, 0.717) is 6.42 Å². The Bertz CT molecular complexity index is 414. The number of aliphatic hydroxyl groups excluding tert-OH is 4. The van der Waals surface area contributed by atoms with E-state index in [1.165, 1.54) is 57.8 Å². The van der Waals surface area contributed by atoms with E-state index in [1.807, 2.05) is 0 Å². The molecule has 0 aliphatic heterocycles. The largest absolute Gasteiger partial charge is 0.451 e. The van der Waals surface area contributed by atoms with E-state index >= 15 is 0 Å². The number of carbonyl (C=O) groups is 2. The van der Waals surface area contributed by atoms with Gasteiger partial charge in [0.15, 0.2) is 6.10 Å². The SMILES string of the molecule is CCCCCCCCCCCCCCCC(=O)O[C@H](C(=O)CO)[C@H](O)[C@@H](O)CO. The van der Waals surface area contributed by atoms with Crippen LogP contribution in [0.3, 0.4) is 0 Å². The van der Waals surface area contributed by atoms with Crippen LogP contribution >= 0.6 is 0 Å². The normalized spacial score (nSPS) is 14.4. The lowest BCUT2D eigenvalue weighted by molar-refractivity contribution is -0.169. The number of rotatable bonds is 20. The van der Waals surface area contributed by atoms with Gasteiger partial charge in [0.05, 0.1) is 6.61 Å². The highest BCUT2D eigenvalue weighted by atomic mass is 16.6. The lowest BCUT2D eigenvalue weighted by Crippen LogP contribution is -2.47. The Morgan fingerprint density at radius 2 is 1.21 bits per heavy atom. The molecule has 3 atom stereocenters. The number of Topliss-reactive ketones (excluding diaryl/α,β-unsaturated/α-hetero) is 1. The Hall–Kier alpha value is -1.02. The highest BCUT2D eigenvalue weighted by molar-refractivity contribution is 5.87. The molecule has 0 spiro atoms. The van der Waals surface area contributed by atoms with Gasteiger partial charge in [-0.05, 0) is 6.42 Å². The van der Waals surface area contributed by atoms with Gasteiger partial charge in [-0.15, -0.1) is 0 Å². The molecule has 0 radical (unpaired) electrons. The maximum Gasteiger partial charge on any atom is 0.306 e. The Morgan fingerprint density at radius 1 is 0.759 bits per heavy atom. The van der Waals surface area contributed by atoms with Crippen molar-refractivity contribution in [2.75, 3.05) is 13.2 Å². The predicted octanol–water partition coefficient (Wildman–Crippen LogP) is 2.66. The summed E-state index contributed by atoms with van der Waals surface area (Å²) >= 11 is 0. The molecular formula is C22H42O7. The van der Waals surface area contributed by atoms with Crippen molar-refractivity contribution in [1.82, 2.24) is 0 Å². The Labute approximate surface area is 175 Å². The molecule has 4 N–H and O–H groups in total. The van der Waals surface area contributed by atoms with Crippen molar-refractivity contribution in [1.29, 1.82) is 0 Å². The quantitative estimate of drug-likeness (QED) is 0.177. The molecule has 172 valence electrons. The molecule has 29 heavy (non-hydrogen) atoms. The summed E-state index contributed by atoms with van der Waals surface area (Å²) in [5.74, 6) is -1.58. The summed E-state index contributed by atoms with van der Waals surface area (Å²) in [5, 5.41) is 37.0. The highest BCUT2D eigenvalue weighted by Crippen LogP contribution is 2.14. The summed E-state index contributed by atoms with van der Waals surface area (Å²) in [4.78, 5) is 23.5. The predicted molar refractivity (Wildman–Crippen MR) is 111 cm³/mol. The van der Waals surface area contributed by atoms with Crippen LogP contribution in [0, 0.1) is 0 Å². The van der Waals surface area contributed by atoms with Crippen LogP contribution in [0.25, 0.3) is 0 Å². The molecule has 0 amide bonds. The second kappa shape index (κ2) is 19.0. The fraction of sp³-hybridized carbons (Fsp3) is 0.909. The van der Waals surface area contributed by atoms with Gasteiger partial charge >= 0.3 is 5.97 Å². The molecule has 0 rings (SSSR count).